The largest absolute Gasteiger partial charge is 0.465 e. The van der Waals surface area contributed by atoms with E-state index in [1.165, 1.54) is 0 Å². The van der Waals surface area contributed by atoms with E-state index in [4.69, 9.17) is 9.47 Å². The van der Waals surface area contributed by atoms with Crippen LogP contribution in [0.3, 0.4) is 0 Å². The summed E-state index contributed by atoms with van der Waals surface area (Å²) in [6.07, 6.45) is 0.214. The first-order chi connectivity index (χ1) is 11.5. The number of ether oxygens (including phenoxy) is 2. The highest BCUT2D eigenvalue weighted by atomic mass is 16.6. The minimum Gasteiger partial charge on any atom is -0.465 e. The molecular weight excluding hydrogens is 304 g/mol. The molecule has 0 aliphatic carbocycles. The second kappa shape index (κ2) is 6.11. The van der Waals surface area contributed by atoms with Crippen molar-refractivity contribution < 1.29 is 19.1 Å². The number of carbonyl (C=O) groups is 2. The van der Waals surface area contributed by atoms with Crippen LogP contribution in [0.2, 0.25) is 0 Å². The Labute approximate surface area is 141 Å². The Bertz CT molecular complexity index is 699. The van der Waals surface area contributed by atoms with Gasteiger partial charge in [-0.15, -0.1) is 0 Å². The summed E-state index contributed by atoms with van der Waals surface area (Å²) in [6.45, 7) is 3.55. The highest BCUT2D eigenvalue weighted by Gasteiger charge is 2.60. The molecule has 1 atom stereocenters. The van der Waals surface area contributed by atoms with Crippen LogP contribution in [0.4, 0.5) is 0 Å². The molecule has 24 heavy (non-hydrogen) atoms. The summed E-state index contributed by atoms with van der Waals surface area (Å²) >= 11 is 0. The Hall–Kier alpha value is -2.62. The molecule has 124 valence electrons. The van der Waals surface area contributed by atoms with Crippen molar-refractivity contribution in [3.63, 3.8) is 0 Å². The summed E-state index contributed by atoms with van der Waals surface area (Å²) < 4.78 is 11.0. The highest BCUT2D eigenvalue weighted by Crippen LogP contribution is 2.50. The van der Waals surface area contributed by atoms with E-state index in [9.17, 15) is 9.59 Å². The predicted octanol–water partition coefficient (Wildman–Crippen LogP) is 3.45. The second-order valence-electron chi connectivity index (χ2n) is 6.18. The van der Waals surface area contributed by atoms with Gasteiger partial charge in [0.05, 0.1) is 6.61 Å². The lowest BCUT2D eigenvalue weighted by Gasteiger charge is -2.29. The van der Waals surface area contributed by atoms with Crippen LogP contribution >= 0.6 is 0 Å². The van der Waals surface area contributed by atoms with Gasteiger partial charge < -0.3 is 9.47 Å². The molecule has 2 aromatic rings. The van der Waals surface area contributed by atoms with E-state index in [1.807, 2.05) is 60.7 Å². The number of carbonyl (C=O) groups excluding carboxylic acids is 2. The summed E-state index contributed by atoms with van der Waals surface area (Å²) in [5.74, 6) is -1.09. The molecule has 1 heterocycles. The Balaban J connectivity index is 2.12. The maximum absolute atomic E-state index is 12.7. The van der Waals surface area contributed by atoms with Crippen molar-refractivity contribution >= 4 is 11.9 Å². The van der Waals surface area contributed by atoms with E-state index < -0.39 is 23.0 Å². The standard InChI is InChI=1S/C20H20O4/c1-3-23-17(21)19(2)14-20(24-18(19)22,15-10-6-4-7-11-15)16-12-8-5-9-13-16/h4-13H,3,14H2,1-2H3. The van der Waals surface area contributed by atoms with E-state index in [0.29, 0.717) is 0 Å². The molecule has 0 spiro atoms. The van der Waals surface area contributed by atoms with Gasteiger partial charge >= 0.3 is 11.9 Å². The molecule has 2 aromatic carbocycles. The second-order valence-corrected chi connectivity index (χ2v) is 6.18. The van der Waals surface area contributed by atoms with Gasteiger partial charge in [-0.25, -0.2) is 0 Å². The minimum absolute atomic E-state index is 0.214. The predicted molar refractivity (Wildman–Crippen MR) is 89.1 cm³/mol. The molecule has 0 radical (unpaired) electrons. The van der Waals surface area contributed by atoms with Crippen LogP contribution < -0.4 is 0 Å². The molecule has 1 aliphatic heterocycles. The van der Waals surface area contributed by atoms with Crippen molar-refractivity contribution in [3.8, 4) is 0 Å². The van der Waals surface area contributed by atoms with Gasteiger partial charge in [-0.1, -0.05) is 60.7 Å². The van der Waals surface area contributed by atoms with E-state index in [0.717, 1.165) is 11.1 Å². The monoisotopic (exact) mass is 324 g/mol. The van der Waals surface area contributed by atoms with Crippen LogP contribution in [0.25, 0.3) is 0 Å². The van der Waals surface area contributed by atoms with Gasteiger partial charge in [0.2, 0.25) is 0 Å². The first-order valence-corrected chi connectivity index (χ1v) is 8.04. The van der Waals surface area contributed by atoms with Crippen molar-refractivity contribution in [2.45, 2.75) is 25.9 Å². The van der Waals surface area contributed by atoms with Crippen LogP contribution in [0.15, 0.2) is 60.7 Å². The lowest BCUT2D eigenvalue weighted by molar-refractivity contribution is -0.164. The molecule has 1 fully saturated rings. The van der Waals surface area contributed by atoms with Crippen LogP contribution in [-0.2, 0) is 24.7 Å². The van der Waals surface area contributed by atoms with Crippen molar-refractivity contribution in [1.29, 1.82) is 0 Å². The third kappa shape index (κ3) is 2.48. The molecule has 3 rings (SSSR count). The van der Waals surface area contributed by atoms with Crippen molar-refractivity contribution in [2.75, 3.05) is 6.61 Å². The number of benzene rings is 2. The first-order valence-electron chi connectivity index (χ1n) is 8.04. The number of rotatable bonds is 4. The molecule has 1 unspecified atom stereocenters. The zero-order valence-corrected chi connectivity index (χ0v) is 13.8. The lowest BCUT2D eigenvalue weighted by atomic mass is 9.75. The number of esters is 2. The molecule has 4 heteroatoms. The zero-order valence-electron chi connectivity index (χ0n) is 13.8. The van der Waals surface area contributed by atoms with E-state index in [1.54, 1.807) is 13.8 Å². The molecular formula is C20H20O4. The summed E-state index contributed by atoms with van der Waals surface area (Å²) in [5, 5.41) is 0. The van der Waals surface area contributed by atoms with Gasteiger partial charge in [0, 0.05) is 17.5 Å². The third-order valence-electron chi connectivity index (χ3n) is 4.53. The van der Waals surface area contributed by atoms with Gasteiger partial charge in [-0.2, -0.15) is 0 Å². The van der Waals surface area contributed by atoms with E-state index in [-0.39, 0.29) is 13.0 Å². The van der Waals surface area contributed by atoms with Gasteiger partial charge in [-0.05, 0) is 13.8 Å². The van der Waals surface area contributed by atoms with Crippen LogP contribution in [0.1, 0.15) is 31.4 Å². The van der Waals surface area contributed by atoms with Gasteiger partial charge in [-0.3, -0.25) is 9.59 Å². The fourth-order valence-corrected chi connectivity index (χ4v) is 3.23. The van der Waals surface area contributed by atoms with Crippen LogP contribution in [-0.4, -0.2) is 18.5 Å². The quantitative estimate of drug-likeness (QED) is 0.638. The van der Waals surface area contributed by atoms with Crippen molar-refractivity contribution in [3.05, 3.63) is 71.8 Å². The molecule has 0 saturated carbocycles. The summed E-state index contributed by atoms with van der Waals surface area (Å²) in [4.78, 5) is 25.1. The van der Waals surface area contributed by atoms with E-state index in [2.05, 4.69) is 0 Å². The van der Waals surface area contributed by atoms with Crippen molar-refractivity contribution in [2.24, 2.45) is 5.41 Å². The Kier molecular flexibility index (Phi) is 4.14. The molecule has 1 saturated heterocycles. The maximum Gasteiger partial charge on any atom is 0.324 e. The van der Waals surface area contributed by atoms with Crippen LogP contribution in [0, 0.1) is 5.41 Å². The average Bonchev–Trinajstić information content (AvgIpc) is 2.90. The van der Waals surface area contributed by atoms with Gasteiger partial charge in [0.1, 0.15) is 0 Å². The number of cyclic esters (lactones) is 1. The molecule has 0 bridgehead atoms. The number of hydrogen-bond acceptors (Lipinski definition) is 4. The fraction of sp³-hybridized carbons (Fsp3) is 0.300. The first kappa shape index (κ1) is 16.2. The third-order valence-corrected chi connectivity index (χ3v) is 4.53. The molecule has 4 nitrogen and oxygen atoms in total. The topological polar surface area (TPSA) is 52.6 Å². The molecule has 1 aliphatic rings. The zero-order chi connectivity index (χ0) is 17.2. The number of hydrogen-bond donors (Lipinski definition) is 0. The molecule has 0 amide bonds. The van der Waals surface area contributed by atoms with Crippen LogP contribution in [0.5, 0.6) is 0 Å². The normalized spacial score (nSPS) is 22.0. The smallest absolute Gasteiger partial charge is 0.324 e. The summed E-state index contributed by atoms with van der Waals surface area (Å²) in [7, 11) is 0. The Morgan fingerprint density at radius 2 is 1.54 bits per heavy atom. The molecule has 0 N–H and O–H groups in total. The minimum atomic E-state index is -1.32. The lowest BCUT2D eigenvalue weighted by Crippen LogP contribution is -2.35. The van der Waals surface area contributed by atoms with Gasteiger partial charge in [0.15, 0.2) is 11.0 Å². The summed E-state index contributed by atoms with van der Waals surface area (Å²) in [6, 6.07) is 19.1. The van der Waals surface area contributed by atoms with E-state index >= 15 is 0 Å². The SMILES string of the molecule is CCOC(=O)C1(C)CC(c2ccccc2)(c2ccccc2)OC1=O. The van der Waals surface area contributed by atoms with Gasteiger partial charge in [0.25, 0.3) is 0 Å². The summed E-state index contributed by atoms with van der Waals surface area (Å²) in [5.41, 5.74) is -0.613. The Morgan fingerprint density at radius 3 is 2.00 bits per heavy atom. The van der Waals surface area contributed by atoms with Crippen molar-refractivity contribution in [1.82, 2.24) is 0 Å². The average molecular weight is 324 g/mol. The maximum atomic E-state index is 12.7. The Morgan fingerprint density at radius 1 is 1.04 bits per heavy atom. The molecule has 0 aromatic heterocycles. The highest BCUT2D eigenvalue weighted by molar-refractivity contribution is 6.01. The fourth-order valence-electron chi connectivity index (χ4n) is 3.23.